The number of nitrogens with two attached hydrogens (primary N) is 1. The summed E-state index contributed by atoms with van der Waals surface area (Å²) in [7, 11) is 0. The van der Waals surface area contributed by atoms with Crippen molar-refractivity contribution in [2.45, 2.75) is 110 Å². The summed E-state index contributed by atoms with van der Waals surface area (Å²) in [5, 5.41) is 0. The van der Waals surface area contributed by atoms with E-state index in [0.717, 1.165) is 12.8 Å². The lowest BCUT2D eigenvalue weighted by molar-refractivity contribution is -0.121. The normalized spacial score (nSPS) is 10.5. The summed E-state index contributed by atoms with van der Waals surface area (Å²) in [6.07, 6.45) is 20.1. The van der Waals surface area contributed by atoms with Gasteiger partial charge in [-0.1, -0.05) is 96.8 Å². The standard InChI is InChI=1S/C19H39N3O2/c1-2-3-4-5-6-7-8-9-10-11-12-13-14-15-16-17-18(23)21-22-19(20)24/h2-17H2,1H3,(H,21,23)(H3,20,22,24). The van der Waals surface area contributed by atoms with Crippen LogP contribution in [0, 0.1) is 0 Å². The van der Waals surface area contributed by atoms with E-state index >= 15 is 0 Å². The van der Waals surface area contributed by atoms with Crippen LogP contribution in [-0.4, -0.2) is 11.9 Å². The zero-order valence-electron chi connectivity index (χ0n) is 15.7. The number of unbranched alkanes of at least 4 members (excludes halogenated alkanes) is 14. The number of hydrogen-bond donors (Lipinski definition) is 3. The molecule has 4 N–H and O–H groups in total. The molecule has 0 unspecified atom stereocenters. The summed E-state index contributed by atoms with van der Waals surface area (Å²) in [6, 6.07) is -0.736. The maximum Gasteiger partial charge on any atom is 0.330 e. The predicted octanol–water partition coefficient (Wildman–Crippen LogP) is 4.95. The van der Waals surface area contributed by atoms with E-state index in [-0.39, 0.29) is 5.91 Å². The van der Waals surface area contributed by atoms with E-state index in [2.05, 4.69) is 17.8 Å². The molecule has 142 valence electrons. The summed E-state index contributed by atoms with van der Waals surface area (Å²) < 4.78 is 0. The molecule has 0 aliphatic rings. The topological polar surface area (TPSA) is 84.2 Å². The van der Waals surface area contributed by atoms with Crippen LogP contribution in [0.4, 0.5) is 4.79 Å². The van der Waals surface area contributed by atoms with E-state index in [4.69, 9.17) is 5.73 Å². The van der Waals surface area contributed by atoms with E-state index in [1.165, 1.54) is 83.5 Å². The maximum absolute atomic E-state index is 11.3. The molecule has 0 aromatic heterocycles. The van der Waals surface area contributed by atoms with Crippen molar-refractivity contribution in [3.8, 4) is 0 Å². The second-order valence-electron chi connectivity index (χ2n) is 6.74. The SMILES string of the molecule is CCCCCCCCCCCCCCCCCC(=O)NNC(N)=O. The van der Waals surface area contributed by atoms with E-state index in [0.29, 0.717) is 6.42 Å². The molecule has 0 aliphatic carbocycles. The average Bonchev–Trinajstić information content (AvgIpc) is 2.56. The van der Waals surface area contributed by atoms with Crippen LogP contribution in [0.15, 0.2) is 0 Å². The van der Waals surface area contributed by atoms with E-state index < -0.39 is 6.03 Å². The Hall–Kier alpha value is -1.26. The fraction of sp³-hybridized carbons (Fsp3) is 0.895. The quantitative estimate of drug-likeness (QED) is 0.274. The number of rotatable bonds is 16. The van der Waals surface area contributed by atoms with Gasteiger partial charge in [0.25, 0.3) is 0 Å². The number of hydrogen-bond acceptors (Lipinski definition) is 2. The molecule has 5 heteroatoms. The molecule has 5 nitrogen and oxygen atoms in total. The molecule has 0 rings (SSSR count). The van der Waals surface area contributed by atoms with Crippen molar-refractivity contribution < 1.29 is 9.59 Å². The Kier molecular flexibility index (Phi) is 17.1. The van der Waals surface area contributed by atoms with Gasteiger partial charge in [0.1, 0.15) is 0 Å². The highest BCUT2D eigenvalue weighted by molar-refractivity contribution is 5.80. The Balaban J connectivity index is 3.10. The van der Waals surface area contributed by atoms with Gasteiger partial charge in [-0.3, -0.25) is 10.2 Å². The first-order valence-electron chi connectivity index (χ1n) is 10.0. The summed E-state index contributed by atoms with van der Waals surface area (Å²) >= 11 is 0. The minimum atomic E-state index is -0.736. The Morgan fingerprint density at radius 1 is 0.625 bits per heavy atom. The van der Waals surface area contributed by atoms with Crippen molar-refractivity contribution in [3.05, 3.63) is 0 Å². The average molecular weight is 342 g/mol. The zero-order valence-corrected chi connectivity index (χ0v) is 15.7. The smallest absolute Gasteiger partial charge is 0.330 e. The number of urea groups is 1. The second-order valence-corrected chi connectivity index (χ2v) is 6.74. The molecule has 0 spiro atoms. The lowest BCUT2D eigenvalue weighted by Gasteiger charge is -2.05. The fourth-order valence-electron chi connectivity index (χ4n) is 2.85. The lowest BCUT2D eigenvalue weighted by atomic mass is 10.0. The third-order valence-electron chi connectivity index (χ3n) is 4.33. The summed E-state index contributed by atoms with van der Waals surface area (Å²) in [5.74, 6) is -0.177. The van der Waals surface area contributed by atoms with Gasteiger partial charge in [-0.05, 0) is 6.42 Å². The molecular formula is C19H39N3O2. The number of amides is 3. The van der Waals surface area contributed by atoms with Gasteiger partial charge in [-0.15, -0.1) is 0 Å². The fourth-order valence-corrected chi connectivity index (χ4v) is 2.85. The van der Waals surface area contributed by atoms with Crippen molar-refractivity contribution in [1.29, 1.82) is 0 Å². The summed E-state index contributed by atoms with van der Waals surface area (Å²) in [5.41, 5.74) is 9.22. The lowest BCUT2D eigenvalue weighted by Crippen LogP contribution is -2.44. The third kappa shape index (κ3) is 18.8. The molecule has 0 aromatic carbocycles. The monoisotopic (exact) mass is 341 g/mol. The number of carbonyl (C=O) groups is 2. The Bertz CT molecular complexity index is 309. The first-order valence-corrected chi connectivity index (χ1v) is 10.0. The van der Waals surface area contributed by atoms with Gasteiger partial charge in [-0.2, -0.15) is 0 Å². The van der Waals surface area contributed by atoms with Crippen LogP contribution in [0.25, 0.3) is 0 Å². The third-order valence-corrected chi connectivity index (χ3v) is 4.33. The first-order chi connectivity index (χ1) is 11.7. The van der Waals surface area contributed by atoms with Crippen molar-refractivity contribution in [2.24, 2.45) is 5.73 Å². The van der Waals surface area contributed by atoms with Crippen molar-refractivity contribution in [1.82, 2.24) is 10.9 Å². The highest BCUT2D eigenvalue weighted by Gasteiger charge is 2.01. The van der Waals surface area contributed by atoms with Crippen LogP contribution in [0.2, 0.25) is 0 Å². The van der Waals surface area contributed by atoms with Gasteiger partial charge in [0.05, 0.1) is 0 Å². The number of nitrogens with one attached hydrogen (secondary N) is 2. The second kappa shape index (κ2) is 18.1. The maximum atomic E-state index is 11.3. The first kappa shape index (κ1) is 22.7. The Morgan fingerprint density at radius 2 is 1.00 bits per heavy atom. The van der Waals surface area contributed by atoms with Gasteiger partial charge >= 0.3 is 6.03 Å². The Labute approximate surface area is 148 Å². The molecule has 0 saturated carbocycles. The molecule has 0 saturated heterocycles. The number of primary amides is 1. The molecule has 24 heavy (non-hydrogen) atoms. The summed E-state index contributed by atoms with van der Waals surface area (Å²) in [6.45, 7) is 2.26. The molecule has 0 bridgehead atoms. The van der Waals surface area contributed by atoms with E-state index in [1.807, 2.05) is 0 Å². The van der Waals surface area contributed by atoms with Crippen molar-refractivity contribution in [3.63, 3.8) is 0 Å². The van der Waals surface area contributed by atoms with Crippen LogP contribution in [0.1, 0.15) is 110 Å². The van der Waals surface area contributed by atoms with Gasteiger partial charge in [0.15, 0.2) is 0 Å². The van der Waals surface area contributed by atoms with Gasteiger partial charge in [0, 0.05) is 6.42 Å². The minimum Gasteiger partial charge on any atom is -0.350 e. The van der Waals surface area contributed by atoms with Gasteiger partial charge in [-0.25, -0.2) is 10.2 Å². The largest absolute Gasteiger partial charge is 0.350 e. The van der Waals surface area contributed by atoms with Crippen LogP contribution < -0.4 is 16.6 Å². The minimum absolute atomic E-state index is 0.177. The molecule has 0 fully saturated rings. The van der Waals surface area contributed by atoms with Crippen LogP contribution in [0.3, 0.4) is 0 Å². The van der Waals surface area contributed by atoms with Crippen molar-refractivity contribution >= 4 is 11.9 Å². The highest BCUT2D eigenvalue weighted by atomic mass is 16.2. The molecule has 0 aromatic rings. The molecule has 0 atom stereocenters. The van der Waals surface area contributed by atoms with Crippen LogP contribution >= 0.6 is 0 Å². The molecule has 0 heterocycles. The molecular weight excluding hydrogens is 302 g/mol. The predicted molar refractivity (Wildman–Crippen MR) is 100 cm³/mol. The zero-order chi connectivity index (χ0) is 17.9. The number of hydrazine groups is 1. The van der Waals surface area contributed by atoms with Crippen LogP contribution in [0.5, 0.6) is 0 Å². The van der Waals surface area contributed by atoms with E-state index in [1.54, 1.807) is 0 Å². The molecule has 0 aliphatic heterocycles. The van der Waals surface area contributed by atoms with Crippen molar-refractivity contribution in [2.75, 3.05) is 0 Å². The molecule has 3 amide bonds. The molecule has 0 radical (unpaired) electrons. The summed E-state index contributed by atoms with van der Waals surface area (Å²) in [4.78, 5) is 21.7. The van der Waals surface area contributed by atoms with Gasteiger partial charge < -0.3 is 5.73 Å². The van der Waals surface area contributed by atoms with Gasteiger partial charge in [0.2, 0.25) is 5.91 Å². The highest BCUT2D eigenvalue weighted by Crippen LogP contribution is 2.13. The Morgan fingerprint density at radius 3 is 1.38 bits per heavy atom. The van der Waals surface area contributed by atoms with E-state index in [9.17, 15) is 9.59 Å². The number of carbonyl (C=O) groups excluding carboxylic acids is 2. The van der Waals surface area contributed by atoms with Crippen LogP contribution in [-0.2, 0) is 4.79 Å².